The molecule has 0 amide bonds. The van der Waals surface area contributed by atoms with Crippen LogP contribution >= 0.6 is 11.6 Å². The quantitative estimate of drug-likeness (QED) is 0.674. The summed E-state index contributed by atoms with van der Waals surface area (Å²) in [6, 6.07) is 0. The molecule has 0 bridgehead atoms. The largest absolute Gasteiger partial charge is 0.478 e. The smallest absolute Gasteiger partial charge is 0.340 e. The number of carbonyl (C=O) groups is 1. The van der Waals surface area contributed by atoms with Crippen molar-refractivity contribution in [1.82, 2.24) is 19.6 Å². The number of carboxylic acids is 1. The molecule has 2 aromatic heterocycles. The van der Waals surface area contributed by atoms with Crippen molar-refractivity contribution in [2.45, 2.75) is 0 Å². The van der Waals surface area contributed by atoms with Crippen LogP contribution in [0.25, 0.3) is 5.78 Å². The van der Waals surface area contributed by atoms with Crippen LogP contribution in [0, 0.1) is 0 Å². The molecule has 0 spiro atoms. The fraction of sp³-hybridized carbons (Fsp3) is 0. The minimum atomic E-state index is -1.14. The van der Waals surface area contributed by atoms with Gasteiger partial charge in [-0.1, -0.05) is 11.6 Å². The Hall–Kier alpha value is -1.69. The van der Waals surface area contributed by atoms with Crippen LogP contribution in [0.15, 0.2) is 12.5 Å². The minimum Gasteiger partial charge on any atom is -0.478 e. The monoisotopic (exact) mass is 198 g/mol. The normalized spacial score (nSPS) is 10.5. The molecule has 0 aliphatic heterocycles. The number of aromatic carboxylic acids is 1. The molecule has 66 valence electrons. The van der Waals surface area contributed by atoms with Gasteiger partial charge in [0.05, 0.1) is 0 Å². The standard InChI is InChI=1S/C6H3ClN4O2/c7-4-3(5(12)13)1-8-6-9-2-10-11(4)6/h1-2H,(H,12,13). The van der Waals surface area contributed by atoms with Gasteiger partial charge in [0.1, 0.15) is 11.9 Å². The average Bonchev–Trinajstić information content (AvgIpc) is 2.52. The Morgan fingerprint density at radius 2 is 2.31 bits per heavy atom. The van der Waals surface area contributed by atoms with Gasteiger partial charge in [-0.3, -0.25) is 0 Å². The molecule has 0 aliphatic carbocycles. The molecule has 0 aliphatic rings. The number of rotatable bonds is 1. The van der Waals surface area contributed by atoms with E-state index in [-0.39, 0.29) is 16.5 Å². The maximum atomic E-state index is 10.6. The zero-order valence-corrected chi connectivity index (χ0v) is 6.93. The van der Waals surface area contributed by atoms with Crippen molar-refractivity contribution in [3.8, 4) is 0 Å². The molecule has 6 nitrogen and oxygen atoms in total. The van der Waals surface area contributed by atoms with Crippen LogP contribution in [-0.4, -0.2) is 30.7 Å². The van der Waals surface area contributed by atoms with Crippen LogP contribution in [-0.2, 0) is 0 Å². The second-order valence-electron chi connectivity index (χ2n) is 2.24. The highest BCUT2D eigenvalue weighted by Crippen LogP contribution is 2.14. The van der Waals surface area contributed by atoms with Crippen LogP contribution in [0.3, 0.4) is 0 Å². The molecule has 0 aromatic carbocycles. The second-order valence-corrected chi connectivity index (χ2v) is 2.60. The highest BCUT2D eigenvalue weighted by atomic mass is 35.5. The van der Waals surface area contributed by atoms with E-state index in [4.69, 9.17) is 16.7 Å². The van der Waals surface area contributed by atoms with Crippen LogP contribution < -0.4 is 0 Å². The molecule has 0 radical (unpaired) electrons. The molecule has 0 unspecified atom stereocenters. The van der Waals surface area contributed by atoms with Crippen molar-refractivity contribution in [2.24, 2.45) is 0 Å². The predicted molar refractivity (Wildman–Crippen MR) is 42.8 cm³/mol. The maximum absolute atomic E-state index is 10.6. The first-order valence-electron chi connectivity index (χ1n) is 3.27. The topological polar surface area (TPSA) is 80.4 Å². The molecule has 0 fully saturated rings. The van der Waals surface area contributed by atoms with E-state index in [0.717, 1.165) is 10.7 Å². The van der Waals surface area contributed by atoms with Gasteiger partial charge in [-0.05, 0) is 0 Å². The van der Waals surface area contributed by atoms with E-state index in [1.165, 1.54) is 6.33 Å². The number of halogens is 1. The van der Waals surface area contributed by atoms with Crippen LogP contribution in [0.2, 0.25) is 5.15 Å². The molecule has 0 saturated carbocycles. The van der Waals surface area contributed by atoms with Gasteiger partial charge in [0, 0.05) is 6.20 Å². The van der Waals surface area contributed by atoms with E-state index in [1.807, 2.05) is 0 Å². The molecule has 7 heteroatoms. The Labute approximate surface area is 76.8 Å². The van der Waals surface area contributed by atoms with Crippen molar-refractivity contribution >= 4 is 23.3 Å². The van der Waals surface area contributed by atoms with Gasteiger partial charge < -0.3 is 5.11 Å². The number of fused-ring (bicyclic) bond motifs is 1. The van der Waals surface area contributed by atoms with Gasteiger partial charge >= 0.3 is 5.97 Å². The lowest BCUT2D eigenvalue weighted by Gasteiger charge is -1.98. The molecule has 2 heterocycles. The van der Waals surface area contributed by atoms with Gasteiger partial charge in [0.15, 0.2) is 5.15 Å². The van der Waals surface area contributed by atoms with Gasteiger partial charge in [0.25, 0.3) is 5.78 Å². The van der Waals surface area contributed by atoms with Crippen molar-refractivity contribution in [3.05, 3.63) is 23.2 Å². The number of hydrogen-bond acceptors (Lipinski definition) is 4. The van der Waals surface area contributed by atoms with Crippen molar-refractivity contribution in [3.63, 3.8) is 0 Å². The summed E-state index contributed by atoms with van der Waals surface area (Å²) in [6.45, 7) is 0. The summed E-state index contributed by atoms with van der Waals surface area (Å²) in [5.41, 5.74) is -0.0975. The third kappa shape index (κ3) is 1.11. The maximum Gasteiger partial charge on any atom is 0.340 e. The number of aromatic nitrogens is 4. The Balaban J connectivity index is 2.80. The van der Waals surface area contributed by atoms with Crippen molar-refractivity contribution in [1.29, 1.82) is 0 Å². The van der Waals surface area contributed by atoms with Gasteiger partial charge in [-0.2, -0.15) is 14.6 Å². The number of carboxylic acid groups (broad SMARTS) is 1. The Morgan fingerprint density at radius 3 is 3.00 bits per heavy atom. The number of hydrogen-bond donors (Lipinski definition) is 1. The van der Waals surface area contributed by atoms with E-state index in [2.05, 4.69) is 15.1 Å². The third-order valence-electron chi connectivity index (χ3n) is 1.48. The molecule has 0 atom stereocenters. The summed E-state index contributed by atoms with van der Waals surface area (Å²) >= 11 is 5.72. The molecule has 13 heavy (non-hydrogen) atoms. The molecule has 0 saturated heterocycles. The highest BCUT2D eigenvalue weighted by Gasteiger charge is 2.13. The molecular weight excluding hydrogens is 196 g/mol. The Kier molecular flexibility index (Phi) is 1.63. The Morgan fingerprint density at radius 1 is 1.54 bits per heavy atom. The van der Waals surface area contributed by atoms with E-state index < -0.39 is 5.97 Å². The Bertz CT molecular complexity index is 480. The molecule has 2 rings (SSSR count). The molecule has 1 N–H and O–H groups in total. The summed E-state index contributed by atoms with van der Waals surface area (Å²) in [5, 5.41) is 12.4. The van der Waals surface area contributed by atoms with Crippen molar-refractivity contribution < 1.29 is 9.90 Å². The zero-order valence-electron chi connectivity index (χ0n) is 6.18. The van der Waals surface area contributed by atoms with Crippen molar-refractivity contribution in [2.75, 3.05) is 0 Å². The minimum absolute atomic E-state index is 0.00463. The zero-order chi connectivity index (χ0) is 9.42. The molecule has 2 aromatic rings. The van der Waals surface area contributed by atoms with Gasteiger partial charge in [0.2, 0.25) is 0 Å². The van der Waals surface area contributed by atoms with Gasteiger partial charge in [-0.25, -0.2) is 9.78 Å². The van der Waals surface area contributed by atoms with E-state index in [1.54, 1.807) is 0 Å². The van der Waals surface area contributed by atoms with E-state index in [9.17, 15) is 4.79 Å². The third-order valence-corrected chi connectivity index (χ3v) is 1.84. The summed E-state index contributed by atoms with van der Waals surface area (Å²) in [4.78, 5) is 18.1. The predicted octanol–water partition coefficient (Wildman–Crippen LogP) is 0.476. The van der Waals surface area contributed by atoms with Crippen LogP contribution in [0.4, 0.5) is 0 Å². The molecular formula is C6H3ClN4O2. The highest BCUT2D eigenvalue weighted by molar-refractivity contribution is 6.32. The fourth-order valence-electron chi connectivity index (χ4n) is 0.895. The number of nitrogens with zero attached hydrogens (tertiary/aromatic N) is 4. The fourth-order valence-corrected chi connectivity index (χ4v) is 1.14. The second kappa shape index (κ2) is 2.67. The van der Waals surface area contributed by atoms with Gasteiger partial charge in [-0.15, -0.1) is 0 Å². The summed E-state index contributed by atoms with van der Waals surface area (Å²) < 4.78 is 1.16. The lowest BCUT2D eigenvalue weighted by molar-refractivity contribution is 0.0696. The van der Waals surface area contributed by atoms with Crippen LogP contribution in [0.1, 0.15) is 10.4 Å². The first-order chi connectivity index (χ1) is 6.20. The lowest BCUT2D eigenvalue weighted by atomic mass is 10.3. The van der Waals surface area contributed by atoms with Crippen LogP contribution in [0.5, 0.6) is 0 Å². The summed E-state index contributed by atoms with van der Waals surface area (Å²) in [5.74, 6) is -0.870. The first-order valence-corrected chi connectivity index (χ1v) is 3.65. The summed E-state index contributed by atoms with van der Waals surface area (Å²) in [7, 11) is 0. The summed E-state index contributed by atoms with van der Waals surface area (Å²) in [6.07, 6.45) is 2.40. The first kappa shape index (κ1) is 7.93. The van der Waals surface area contributed by atoms with E-state index in [0.29, 0.717) is 0 Å². The lowest BCUT2D eigenvalue weighted by Crippen LogP contribution is -2.04. The van der Waals surface area contributed by atoms with E-state index >= 15 is 0 Å². The SMILES string of the molecule is O=C(O)c1cnc2ncnn2c1Cl. The average molecular weight is 199 g/mol.